The summed E-state index contributed by atoms with van der Waals surface area (Å²) < 4.78 is 0. The monoisotopic (exact) mass is 264 g/mol. The number of imidazole rings is 1. The predicted molar refractivity (Wildman–Crippen MR) is 79.3 cm³/mol. The molecule has 0 bridgehead atoms. The van der Waals surface area contributed by atoms with Crippen LogP contribution in [0.3, 0.4) is 0 Å². The Morgan fingerprint density at radius 3 is 2.80 bits per heavy atom. The molecule has 0 amide bonds. The van der Waals surface area contributed by atoms with Crippen molar-refractivity contribution >= 4 is 11.0 Å². The molecule has 4 heteroatoms. The standard InChI is InChI=1S/C16H16N4/c1-2-13(18-7-1)12-3-4-14-15(10-12)20-16(19-14)11-5-8-17-9-6-11/h3-6,8-10,13,18H,1-2,7H2,(H,19,20). The summed E-state index contributed by atoms with van der Waals surface area (Å²) in [7, 11) is 0. The van der Waals surface area contributed by atoms with Gasteiger partial charge in [-0.05, 0) is 49.2 Å². The van der Waals surface area contributed by atoms with Gasteiger partial charge in [-0.3, -0.25) is 4.98 Å². The highest BCUT2D eigenvalue weighted by Gasteiger charge is 2.16. The van der Waals surface area contributed by atoms with Crippen LogP contribution in [-0.4, -0.2) is 21.5 Å². The maximum absolute atomic E-state index is 4.65. The van der Waals surface area contributed by atoms with Crippen LogP contribution in [0.25, 0.3) is 22.4 Å². The first-order valence-electron chi connectivity index (χ1n) is 7.03. The van der Waals surface area contributed by atoms with Gasteiger partial charge in [-0.25, -0.2) is 4.98 Å². The van der Waals surface area contributed by atoms with Crippen molar-refractivity contribution in [3.8, 4) is 11.4 Å². The molecule has 1 aliphatic rings. The molecule has 1 aliphatic heterocycles. The molecule has 4 nitrogen and oxygen atoms in total. The summed E-state index contributed by atoms with van der Waals surface area (Å²) >= 11 is 0. The molecular formula is C16H16N4. The number of aromatic amines is 1. The van der Waals surface area contributed by atoms with Crippen molar-refractivity contribution in [2.75, 3.05) is 6.54 Å². The minimum atomic E-state index is 0.493. The first-order valence-corrected chi connectivity index (χ1v) is 7.03. The molecule has 1 fully saturated rings. The summed E-state index contributed by atoms with van der Waals surface area (Å²) in [5.41, 5.74) is 4.53. The molecule has 1 unspecified atom stereocenters. The van der Waals surface area contributed by atoms with Crippen LogP contribution in [0, 0.1) is 0 Å². The summed E-state index contributed by atoms with van der Waals surface area (Å²) in [4.78, 5) is 12.1. The maximum Gasteiger partial charge on any atom is 0.138 e. The molecule has 3 aromatic rings. The van der Waals surface area contributed by atoms with Crippen LogP contribution >= 0.6 is 0 Å². The lowest BCUT2D eigenvalue weighted by atomic mass is 10.1. The van der Waals surface area contributed by atoms with Crippen LogP contribution in [0.2, 0.25) is 0 Å². The van der Waals surface area contributed by atoms with Crippen molar-refractivity contribution in [3.05, 3.63) is 48.3 Å². The number of fused-ring (bicyclic) bond motifs is 1. The Bertz CT molecular complexity index is 727. The van der Waals surface area contributed by atoms with Crippen molar-refractivity contribution in [2.45, 2.75) is 18.9 Å². The molecule has 0 saturated carbocycles. The van der Waals surface area contributed by atoms with Gasteiger partial charge in [0.15, 0.2) is 0 Å². The van der Waals surface area contributed by atoms with Crippen LogP contribution in [-0.2, 0) is 0 Å². The van der Waals surface area contributed by atoms with Crippen LogP contribution < -0.4 is 5.32 Å². The minimum Gasteiger partial charge on any atom is -0.338 e. The fourth-order valence-corrected chi connectivity index (χ4v) is 2.86. The molecule has 1 atom stereocenters. The third kappa shape index (κ3) is 1.98. The second kappa shape index (κ2) is 4.72. The summed E-state index contributed by atoms with van der Waals surface area (Å²) in [5, 5.41) is 3.53. The van der Waals surface area contributed by atoms with Crippen molar-refractivity contribution in [1.82, 2.24) is 20.3 Å². The van der Waals surface area contributed by atoms with E-state index in [9.17, 15) is 0 Å². The van der Waals surface area contributed by atoms with Gasteiger partial charge in [-0.1, -0.05) is 6.07 Å². The molecule has 4 rings (SSSR count). The number of benzene rings is 1. The lowest BCUT2D eigenvalue weighted by Gasteiger charge is -2.09. The van der Waals surface area contributed by atoms with E-state index >= 15 is 0 Å². The average molecular weight is 264 g/mol. The Balaban J connectivity index is 1.76. The second-order valence-electron chi connectivity index (χ2n) is 5.25. The molecule has 1 aromatic carbocycles. The van der Waals surface area contributed by atoms with Crippen LogP contribution in [0.15, 0.2) is 42.7 Å². The van der Waals surface area contributed by atoms with Crippen LogP contribution in [0.1, 0.15) is 24.4 Å². The zero-order chi connectivity index (χ0) is 13.4. The molecule has 0 aliphatic carbocycles. The number of hydrogen-bond acceptors (Lipinski definition) is 3. The van der Waals surface area contributed by atoms with Gasteiger partial charge in [0.1, 0.15) is 5.82 Å². The minimum absolute atomic E-state index is 0.493. The van der Waals surface area contributed by atoms with Crippen molar-refractivity contribution in [3.63, 3.8) is 0 Å². The van der Waals surface area contributed by atoms with E-state index in [1.807, 2.05) is 12.1 Å². The molecule has 2 aromatic heterocycles. The van der Waals surface area contributed by atoms with E-state index in [-0.39, 0.29) is 0 Å². The Morgan fingerprint density at radius 2 is 2.00 bits per heavy atom. The van der Waals surface area contributed by atoms with E-state index in [0.29, 0.717) is 6.04 Å². The number of nitrogens with one attached hydrogen (secondary N) is 2. The lowest BCUT2D eigenvalue weighted by molar-refractivity contribution is 0.648. The van der Waals surface area contributed by atoms with E-state index in [1.165, 1.54) is 18.4 Å². The Labute approximate surface area is 117 Å². The molecular weight excluding hydrogens is 248 g/mol. The highest BCUT2D eigenvalue weighted by molar-refractivity contribution is 5.80. The molecule has 2 N–H and O–H groups in total. The fourth-order valence-electron chi connectivity index (χ4n) is 2.86. The molecule has 100 valence electrons. The molecule has 20 heavy (non-hydrogen) atoms. The lowest BCUT2D eigenvalue weighted by Crippen LogP contribution is -2.12. The van der Waals surface area contributed by atoms with Gasteiger partial charge in [0.2, 0.25) is 0 Å². The average Bonchev–Trinajstić information content (AvgIpc) is 3.16. The van der Waals surface area contributed by atoms with Crippen molar-refractivity contribution < 1.29 is 0 Å². The number of hydrogen-bond donors (Lipinski definition) is 2. The SMILES string of the molecule is c1cc(-c2nc3ccc(C4CCCN4)cc3[nH]2)ccn1. The third-order valence-corrected chi connectivity index (χ3v) is 3.92. The predicted octanol–water partition coefficient (Wildman–Crippen LogP) is 3.05. The molecule has 1 saturated heterocycles. The Hall–Kier alpha value is -2.20. The van der Waals surface area contributed by atoms with Crippen molar-refractivity contribution in [2.24, 2.45) is 0 Å². The third-order valence-electron chi connectivity index (χ3n) is 3.92. The largest absolute Gasteiger partial charge is 0.338 e. The zero-order valence-corrected chi connectivity index (χ0v) is 11.1. The number of H-pyrrole nitrogens is 1. The maximum atomic E-state index is 4.65. The summed E-state index contributed by atoms with van der Waals surface area (Å²) in [6, 6.07) is 10.9. The molecule has 0 radical (unpaired) electrons. The zero-order valence-electron chi connectivity index (χ0n) is 11.1. The van der Waals surface area contributed by atoms with Gasteiger partial charge in [0.25, 0.3) is 0 Å². The quantitative estimate of drug-likeness (QED) is 0.748. The number of pyridine rings is 1. The van der Waals surface area contributed by atoms with E-state index < -0.39 is 0 Å². The molecule has 3 heterocycles. The fraction of sp³-hybridized carbons (Fsp3) is 0.250. The topological polar surface area (TPSA) is 53.6 Å². The number of aromatic nitrogens is 3. The van der Waals surface area contributed by atoms with Gasteiger partial charge in [0.05, 0.1) is 11.0 Å². The number of nitrogens with zero attached hydrogens (tertiary/aromatic N) is 2. The van der Waals surface area contributed by atoms with Gasteiger partial charge in [0, 0.05) is 24.0 Å². The highest BCUT2D eigenvalue weighted by Crippen LogP contribution is 2.27. The van der Waals surface area contributed by atoms with E-state index in [1.54, 1.807) is 12.4 Å². The van der Waals surface area contributed by atoms with Gasteiger partial charge in [-0.2, -0.15) is 0 Å². The van der Waals surface area contributed by atoms with Crippen molar-refractivity contribution in [1.29, 1.82) is 0 Å². The summed E-state index contributed by atoms with van der Waals surface area (Å²) in [6.07, 6.45) is 6.05. The van der Waals surface area contributed by atoms with Gasteiger partial charge < -0.3 is 10.3 Å². The smallest absolute Gasteiger partial charge is 0.138 e. The summed E-state index contributed by atoms with van der Waals surface area (Å²) in [6.45, 7) is 1.12. The Kier molecular flexibility index (Phi) is 2.74. The Morgan fingerprint density at radius 1 is 1.10 bits per heavy atom. The molecule has 0 spiro atoms. The number of rotatable bonds is 2. The first kappa shape index (κ1) is 11.6. The van der Waals surface area contributed by atoms with E-state index in [0.717, 1.165) is 29.0 Å². The highest BCUT2D eigenvalue weighted by atomic mass is 14.9. The van der Waals surface area contributed by atoms with Crippen LogP contribution in [0.4, 0.5) is 0 Å². The van der Waals surface area contributed by atoms with E-state index in [4.69, 9.17) is 0 Å². The summed E-state index contributed by atoms with van der Waals surface area (Å²) in [5.74, 6) is 0.902. The normalized spacial score (nSPS) is 18.7. The van der Waals surface area contributed by atoms with E-state index in [2.05, 4.69) is 38.5 Å². The van der Waals surface area contributed by atoms with Gasteiger partial charge >= 0.3 is 0 Å². The van der Waals surface area contributed by atoms with Gasteiger partial charge in [-0.15, -0.1) is 0 Å². The second-order valence-corrected chi connectivity index (χ2v) is 5.25. The first-order chi connectivity index (χ1) is 9.90. The van der Waals surface area contributed by atoms with Crippen LogP contribution in [0.5, 0.6) is 0 Å².